The first-order chi connectivity index (χ1) is 14.6. The lowest BCUT2D eigenvalue weighted by Gasteiger charge is -2.36. The number of amides is 1. The van der Waals surface area contributed by atoms with Gasteiger partial charge in [0, 0.05) is 51.0 Å². The van der Waals surface area contributed by atoms with Crippen molar-refractivity contribution < 1.29 is 14.3 Å². The van der Waals surface area contributed by atoms with Crippen molar-refractivity contribution in [3.8, 4) is 0 Å². The summed E-state index contributed by atoms with van der Waals surface area (Å²) in [7, 11) is 2.15. The molecule has 0 unspecified atom stereocenters. The van der Waals surface area contributed by atoms with Crippen LogP contribution in [0.25, 0.3) is 0 Å². The van der Waals surface area contributed by atoms with E-state index in [-0.39, 0.29) is 24.0 Å². The summed E-state index contributed by atoms with van der Waals surface area (Å²) in [4.78, 5) is 29.0. The SMILES string of the molecule is CN1CCN(c2ncc3c(n2)[C@@]2(CCN(C(=O)COC4CCCC4)C2)COC3)CC1. The Morgan fingerprint density at radius 1 is 1.23 bits per heavy atom. The lowest BCUT2D eigenvalue weighted by molar-refractivity contribution is -0.137. The van der Waals surface area contributed by atoms with Crippen molar-refractivity contribution in [2.24, 2.45) is 0 Å². The number of rotatable bonds is 4. The molecule has 3 fully saturated rings. The molecule has 1 aromatic rings. The van der Waals surface area contributed by atoms with E-state index in [1.807, 2.05) is 11.1 Å². The third kappa shape index (κ3) is 3.92. The van der Waals surface area contributed by atoms with E-state index in [4.69, 9.17) is 14.5 Å². The molecule has 0 N–H and O–H groups in total. The summed E-state index contributed by atoms with van der Waals surface area (Å²) >= 11 is 0. The van der Waals surface area contributed by atoms with Crippen molar-refractivity contribution in [2.45, 2.75) is 50.2 Å². The first-order valence-corrected chi connectivity index (χ1v) is 11.4. The van der Waals surface area contributed by atoms with Gasteiger partial charge in [-0.2, -0.15) is 0 Å². The van der Waals surface area contributed by atoms with Crippen molar-refractivity contribution in [1.29, 1.82) is 0 Å². The molecule has 4 aliphatic rings. The number of fused-ring (bicyclic) bond motifs is 2. The fourth-order valence-corrected chi connectivity index (χ4v) is 5.28. The molecule has 164 valence electrons. The zero-order valence-electron chi connectivity index (χ0n) is 18.0. The van der Waals surface area contributed by atoms with Crippen LogP contribution >= 0.6 is 0 Å². The molecule has 2 saturated heterocycles. The predicted octanol–water partition coefficient (Wildman–Crippen LogP) is 1.19. The molecule has 1 spiro atoms. The van der Waals surface area contributed by atoms with Crippen LogP contribution in [-0.2, 0) is 26.3 Å². The fraction of sp³-hybridized carbons (Fsp3) is 0.773. The van der Waals surface area contributed by atoms with E-state index in [1.165, 1.54) is 12.8 Å². The minimum Gasteiger partial charge on any atom is -0.376 e. The van der Waals surface area contributed by atoms with Crippen molar-refractivity contribution >= 4 is 11.9 Å². The van der Waals surface area contributed by atoms with Crippen molar-refractivity contribution in [3.63, 3.8) is 0 Å². The lowest BCUT2D eigenvalue weighted by Crippen LogP contribution is -2.46. The van der Waals surface area contributed by atoms with Gasteiger partial charge in [-0.05, 0) is 26.3 Å². The van der Waals surface area contributed by atoms with Crippen LogP contribution in [0.4, 0.5) is 5.95 Å². The molecule has 5 rings (SSSR count). The predicted molar refractivity (Wildman–Crippen MR) is 112 cm³/mol. The number of nitrogens with zero attached hydrogens (tertiary/aromatic N) is 5. The van der Waals surface area contributed by atoms with Gasteiger partial charge in [0.25, 0.3) is 0 Å². The average molecular weight is 416 g/mol. The molecule has 1 atom stereocenters. The second-order valence-corrected chi connectivity index (χ2v) is 9.39. The van der Waals surface area contributed by atoms with Gasteiger partial charge >= 0.3 is 0 Å². The Kier molecular flexibility index (Phi) is 5.64. The molecule has 1 aliphatic carbocycles. The first kappa shape index (κ1) is 20.2. The van der Waals surface area contributed by atoms with Gasteiger partial charge in [-0.1, -0.05) is 12.8 Å². The molecule has 0 radical (unpaired) electrons. The minimum atomic E-state index is -0.221. The summed E-state index contributed by atoms with van der Waals surface area (Å²) in [6.45, 7) is 6.71. The van der Waals surface area contributed by atoms with E-state index in [9.17, 15) is 4.79 Å². The van der Waals surface area contributed by atoms with E-state index < -0.39 is 0 Å². The van der Waals surface area contributed by atoms with Crippen molar-refractivity contribution in [1.82, 2.24) is 19.8 Å². The molecule has 0 bridgehead atoms. The number of likely N-dealkylation sites (tertiary alicyclic amines) is 1. The Bertz CT molecular complexity index is 776. The number of carbonyl (C=O) groups excluding carboxylic acids is 1. The molecule has 1 saturated carbocycles. The second-order valence-electron chi connectivity index (χ2n) is 9.39. The number of piperazine rings is 1. The molecule has 30 heavy (non-hydrogen) atoms. The minimum absolute atomic E-state index is 0.0965. The van der Waals surface area contributed by atoms with Gasteiger partial charge in [0.15, 0.2) is 0 Å². The second kappa shape index (κ2) is 8.40. The molecular weight excluding hydrogens is 382 g/mol. The lowest BCUT2D eigenvalue weighted by atomic mass is 9.80. The topological polar surface area (TPSA) is 71.0 Å². The highest BCUT2D eigenvalue weighted by atomic mass is 16.5. The van der Waals surface area contributed by atoms with Crippen LogP contribution in [-0.4, -0.2) is 91.3 Å². The Morgan fingerprint density at radius 2 is 2.03 bits per heavy atom. The van der Waals surface area contributed by atoms with Crippen LogP contribution in [0.3, 0.4) is 0 Å². The smallest absolute Gasteiger partial charge is 0.248 e. The average Bonchev–Trinajstić information content (AvgIpc) is 3.44. The van der Waals surface area contributed by atoms with E-state index in [0.717, 1.165) is 69.2 Å². The number of aromatic nitrogens is 2. The molecule has 8 nitrogen and oxygen atoms in total. The van der Waals surface area contributed by atoms with E-state index in [2.05, 4.69) is 21.8 Å². The molecule has 4 heterocycles. The van der Waals surface area contributed by atoms with Gasteiger partial charge in [-0.3, -0.25) is 4.79 Å². The van der Waals surface area contributed by atoms with Gasteiger partial charge in [-0.25, -0.2) is 9.97 Å². The summed E-state index contributed by atoms with van der Waals surface area (Å²) in [5, 5.41) is 0. The largest absolute Gasteiger partial charge is 0.376 e. The maximum atomic E-state index is 12.8. The fourth-order valence-electron chi connectivity index (χ4n) is 5.28. The summed E-state index contributed by atoms with van der Waals surface area (Å²) < 4.78 is 11.8. The number of ether oxygens (including phenoxy) is 2. The highest BCUT2D eigenvalue weighted by Crippen LogP contribution is 2.39. The molecule has 0 aromatic carbocycles. The molecule has 3 aliphatic heterocycles. The summed E-state index contributed by atoms with van der Waals surface area (Å²) in [6.07, 6.45) is 7.70. The Hall–Kier alpha value is -1.77. The Balaban J connectivity index is 1.29. The third-order valence-corrected chi connectivity index (χ3v) is 7.23. The highest BCUT2D eigenvalue weighted by Gasteiger charge is 2.46. The van der Waals surface area contributed by atoms with Gasteiger partial charge in [0.2, 0.25) is 11.9 Å². The van der Waals surface area contributed by atoms with Gasteiger partial charge < -0.3 is 24.2 Å². The molecule has 1 aromatic heterocycles. The summed E-state index contributed by atoms with van der Waals surface area (Å²) in [6, 6.07) is 0. The zero-order chi connectivity index (χ0) is 20.6. The standard InChI is InChI=1S/C22H33N5O3/c1-25-8-10-26(11-9-25)21-23-12-17-13-29-16-22(20(17)24-21)6-7-27(15-22)19(28)14-30-18-4-2-3-5-18/h12,18H,2-11,13-16H2,1H3/t22-/m1/s1. The number of carbonyl (C=O) groups is 1. The zero-order valence-corrected chi connectivity index (χ0v) is 18.0. The normalized spacial score (nSPS) is 27.8. The monoisotopic (exact) mass is 415 g/mol. The van der Waals surface area contributed by atoms with Crippen LogP contribution in [0.15, 0.2) is 6.20 Å². The van der Waals surface area contributed by atoms with Crippen LogP contribution in [0, 0.1) is 0 Å². The van der Waals surface area contributed by atoms with E-state index in [1.54, 1.807) is 0 Å². The Morgan fingerprint density at radius 3 is 2.83 bits per heavy atom. The van der Waals surface area contributed by atoms with Gasteiger partial charge in [0.1, 0.15) is 6.61 Å². The van der Waals surface area contributed by atoms with Crippen LogP contribution in [0.5, 0.6) is 0 Å². The quantitative estimate of drug-likeness (QED) is 0.731. The van der Waals surface area contributed by atoms with Crippen LogP contribution < -0.4 is 4.90 Å². The summed E-state index contributed by atoms with van der Waals surface area (Å²) in [5.74, 6) is 0.914. The third-order valence-electron chi connectivity index (χ3n) is 7.23. The van der Waals surface area contributed by atoms with Crippen LogP contribution in [0.2, 0.25) is 0 Å². The maximum absolute atomic E-state index is 12.8. The maximum Gasteiger partial charge on any atom is 0.248 e. The Labute approximate surface area is 178 Å². The number of hydrogen-bond donors (Lipinski definition) is 0. The first-order valence-electron chi connectivity index (χ1n) is 11.4. The van der Waals surface area contributed by atoms with Crippen molar-refractivity contribution in [2.75, 3.05) is 64.4 Å². The van der Waals surface area contributed by atoms with E-state index >= 15 is 0 Å². The number of likely N-dealkylation sites (N-methyl/N-ethyl adjacent to an activating group) is 1. The van der Waals surface area contributed by atoms with Crippen LogP contribution in [0.1, 0.15) is 43.4 Å². The molecule has 1 amide bonds. The number of anilines is 1. The highest BCUT2D eigenvalue weighted by molar-refractivity contribution is 5.78. The molecule has 8 heteroatoms. The number of hydrogen-bond acceptors (Lipinski definition) is 7. The van der Waals surface area contributed by atoms with Gasteiger partial charge in [-0.15, -0.1) is 0 Å². The summed E-state index contributed by atoms with van der Waals surface area (Å²) in [5.41, 5.74) is 1.93. The van der Waals surface area contributed by atoms with Crippen molar-refractivity contribution in [3.05, 3.63) is 17.5 Å². The van der Waals surface area contributed by atoms with Gasteiger partial charge in [0.05, 0.1) is 30.4 Å². The molecular formula is C22H33N5O3. The van der Waals surface area contributed by atoms with E-state index in [0.29, 0.717) is 19.8 Å².